The average molecular weight is 382 g/mol. The molecule has 0 saturated heterocycles. The molecule has 1 aromatic heterocycles. The van der Waals surface area contributed by atoms with E-state index in [4.69, 9.17) is 0 Å². The van der Waals surface area contributed by atoms with Crippen molar-refractivity contribution in [1.29, 1.82) is 0 Å². The Morgan fingerprint density at radius 3 is 2.56 bits per heavy atom. The number of nitrogens with zero attached hydrogens (tertiary/aromatic N) is 4. The van der Waals surface area contributed by atoms with Crippen LogP contribution in [0.1, 0.15) is 29.2 Å². The molecule has 0 aliphatic carbocycles. The second-order valence-corrected chi connectivity index (χ2v) is 7.93. The maximum absolute atomic E-state index is 12.5. The molecule has 1 N–H and O–H groups in total. The lowest BCUT2D eigenvalue weighted by atomic mass is 10.1. The number of carbonyl (C=O) groups is 1. The summed E-state index contributed by atoms with van der Waals surface area (Å²) in [7, 11) is 0. The van der Waals surface area contributed by atoms with Crippen LogP contribution in [0.25, 0.3) is 5.69 Å². The fraction of sp³-hybridized carbons (Fsp3) is 0.300. The summed E-state index contributed by atoms with van der Waals surface area (Å²) in [5.74, 6) is -0.0453. The molecule has 1 amide bonds. The Morgan fingerprint density at radius 2 is 1.81 bits per heavy atom. The van der Waals surface area contributed by atoms with Gasteiger partial charge in [0.25, 0.3) is 0 Å². The van der Waals surface area contributed by atoms with Crippen LogP contribution in [-0.2, 0) is 11.3 Å². The fourth-order valence-corrected chi connectivity index (χ4v) is 3.43. The number of hydrogen-bond donors (Lipinski definition) is 1. The lowest BCUT2D eigenvalue weighted by molar-refractivity contribution is -0.120. The summed E-state index contributed by atoms with van der Waals surface area (Å²) in [4.78, 5) is 12.5. The Morgan fingerprint density at radius 1 is 1.11 bits per heavy atom. The largest absolute Gasteiger partial charge is 0.351 e. The molecule has 0 saturated carbocycles. The van der Waals surface area contributed by atoms with Gasteiger partial charge in [0.2, 0.25) is 11.1 Å². The first kappa shape index (κ1) is 19.1. The van der Waals surface area contributed by atoms with Gasteiger partial charge in [-0.1, -0.05) is 53.7 Å². The van der Waals surface area contributed by atoms with Crippen molar-refractivity contribution >= 4 is 17.7 Å². The molecule has 2 aromatic carbocycles. The lowest BCUT2D eigenvalue weighted by Crippen LogP contribution is -2.30. The predicted molar refractivity (Wildman–Crippen MR) is 107 cm³/mol. The normalized spacial score (nSPS) is 12.0. The first-order valence-electron chi connectivity index (χ1n) is 8.80. The van der Waals surface area contributed by atoms with Crippen molar-refractivity contribution in [1.82, 2.24) is 25.5 Å². The third-order valence-corrected chi connectivity index (χ3v) is 5.31. The summed E-state index contributed by atoms with van der Waals surface area (Å²) in [6, 6.07) is 14.3. The lowest BCUT2D eigenvalue weighted by Gasteiger charge is -2.13. The monoisotopic (exact) mass is 381 g/mol. The molecule has 3 rings (SSSR count). The van der Waals surface area contributed by atoms with Gasteiger partial charge in [-0.15, -0.1) is 5.10 Å². The predicted octanol–water partition coefficient (Wildman–Crippen LogP) is 3.38. The maximum Gasteiger partial charge on any atom is 0.233 e. The van der Waals surface area contributed by atoms with Gasteiger partial charge in [0.05, 0.1) is 10.9 Å². The van der Waals surface area contributed by atoms with Crippen LogP contribution in [0.5, 0.6) is 0 Å². The molecule has 0 unspecified atom stereocenters. The first-order valence-corrected chi connectivity index (χ1v) is 9.68. The van der Waals surface area contributed by atoms with Gasteiger partial charge in [0, 0.05) is 6.54 Å². The zero-order valence-corrected chi connectivity index (χ0v) is 16.7. The molecule has 0 fully saturated rings. The van der Waals surface area contributed by atoms with Crippen molar-refractivity contribution < 1.29 is 4.79 Å². The molecule has 1 heterocycles. The number of hydrogen-bond acceptors (Lipinski definition) is 5. The SMILES string of the molecule is Cc1ccc(CNC(=O)[C@@H](C)Sc2nnnn2-c2cc(C)ccc2C)cc1. The quantitative estimate of drug-likeness (QED) is 0.663. The summed E-state index contributed by atoms with van der Waals surface area (Å²) < 4.78 is 1.69. The Balaban J connectivity index is 1.67. The van der Waals surface area contributed by atoms with E-state index < -0.39 is 0 Å². The van der Waals surface area contributed by atoms with Crippen LogP contribution in [-0.4, -0.2) is 31.4 Å². The van der Waals surface area contributed by atoms with Crippen LogP contribution in [0.3, 0.4) is 0 Å². The number of tetrazole rings is 1. The molecule has 0 aliphatic heterocycles. The van der Waals surface area contributed by atoms with E-state index >= 15 is 0 Å². The number of thioether (sulfide) groups is 1. The topological polar surface area (TPSA) is 72.7 Å². The van der Waals surface area contributed by atoms with Gasteiger partial charge in [-0.2, -0.15) is 4.68 Å². The second kappa shape index (κ2) is 8.35. The van der Waals surface area contributed by atoms with Crippen molar-refractivity contribution in [3.63, 3.8) is 0 Å². The molecule has 0 radical (unpaired) electrons. The molecule has 3 aromatic rings. The minimum atomic E-state index is -0.315. The first-order chi connectivity index (χ1) is 12.9. The number of amides is 1. The number of carbonyl (C=O) groups excluding carboxylic acids is 1. The summed E-state index contributed by atoms with van der Waals surface area (Å²) in [5, 5.41) is 15.3. The molecule has 0 bridgehead atoms. The molecular formula is C20H23N5OS. The molecule has 0 spiro atoms. The minimum Gasteiger partial charge on any atom is -0.351 e. The Hall–Kier alpha value is -2.67. The smallest absolute Gasteiger partial charge is 0.233 e. The number of rotatable bonds is 6. The number of aryl methyl sites for hydroxylation is 3. The summed E-state index contributed by atoms with van der Waals surface area (Å²) in [6.45, 7) is 8.45. The Labute approximate surface area is 163 Å². The minimum absolute atomic E-state index is 0.0453. The second-order valence-electron chi connectivity index (χ2n) is 6.63. The van der Waals surface area contributed by atoms with Crippen molar-refractivity contribution in [3.05, 3.63) is 64.7 Å². The molecule has 6 nitrogen and oxygen atoms in total. The van der Waals surface area contributed by atoms with Gasteiger partial charge in [0.15, 0.2) is 0 Å². The highest BCUT2D eigenvalue weighted by atomic mass is 32.2. The number of nitrogens with one attached hydrogen (secondary N) is 1. The van der Waals surface area contributed by atoms with Crippen molar-refractivity contribution in [2.45, 2.75) is 44.6 Å². The van der Waals surface area contributed by atoms with E-state index in [2.05, 4.69) is 26.9 Å². The number of benzene rings is 2. The van der Waals surface area contributed by atoms with Crippen molar-refractivity contribution in [3.8, 4) is 5.69 Å². The van der Waals surface area contributed by atoms with Crippen LogP contribution in [0, 0.1) is 20.8 Å². The highest BCUT2D eigenvalue weighted by Gasteiger charge is 2.19. The van der Waals surface area contributed by atoms with Gasteiger partial charge in [-0.3, -0.25) is 4.79 Å². The van der Waals surface area contributed by atoms with Gasteiger partial charge in [-0.25, -0.2) is 0 Å². The Kier molecular flexibility index (Phi) is 5.91. The third-order valence-electron chi connectivity index (χ3n) is 4.27. The molecular weight excluding hydrogens is 358 g/mol. The fourth-order valence-electron chi connectivity index (χ4n) is 2.60. The van der Waals surface area contributed by atoms with E-state index in [0.717, 1.165) is 22.4 Å². The highest BCUT2D eigenvalue weighted by Crippen LogP contribution is 2.25. The molecule has 1 atom stereocenters. The molecule has 0 aliphatic rings. The molecule has 7 heteroatoms. The highest BCUT2D eigenvalue weighted by molar-refractivity contribution is 8.00. The van der Waals surface area contributed by atoms with Crippen LogP contribution >= 0.6 is 11.8 Å². The van der Waals surface area contributed by atoms with E-state index in [9.17, 15) is 4.79 Å². The third kappa shape index (κ3) is 4.74. The summed E-state index contributed by atoms with van der Waals surface area (Å²) in [6.07, 6.45) is 0. The van der Waals surface area contributed by atoms with Crippen LogP contribution < -0.4 is 5.32 Å². The number of aromatic nitrogens is 4. The van der Waals surface area contributed by atoms with E-state index in [0.29, 0.717) is 11.7 Å². The van der Waals surface area contributed by atoms with Gasteiger partial charge in [0.1, 0.15) is 0 Å². The van der Waals surface area contributed by atoms with E-state index in [1.165, 1.54) is 17.3 Å². The molecule has 140 valence electrons. The standard InChI is InChI=1S/C20H23N5OS/c1-13-6-9-17(10-7-13)12-21-19(26)16(4)27-20-22-23-24-25(20)18-11-14(2)5-8-15(18)3/h5-11,16H,12H2,1-4H3,(H,21,26)/t16-/m1/s1. The van der Waals surface area contributed by atoms with Crippen molar-refractivity contribution in [2.75, 3.05) is 0 Å². The van der Waals surface area contributed by atoms with Gasteiger partial charge in [-0.05, 0) is 60.9 Å². The van der Waals surface area contributed by atoms with E-state index in [-0.39, 0.29) is 11.2 Å². The van der Waals surface area contributed by atoms with Gasteiger partial charge < -0.3 is 5.32 Å². The van der Waals surface area contributed by atoms with E-state index in [1.54, 1.807) is 4.68 Å². The zero-order chi connectivity index (χ0) is 19.4. The molecule has 27 heavy (non-hydrogen) atoms. The zero-order valence-electron chi connectivity index (χ0n) is 15.9. The van der Waals surface area contributed by atoms with Crippen molar-refractivity contribution in [2.24, 2.45) is 0 Å². The van der Waals surface area contributed by atoms with E-state index in [1.807, 2.05) is 64.1 Å². The van der Waals surface area contributed by atoms with Crippen LogP contribution in [0.15, 0.2) is 47.6 Å². The summed E-state index contributed by atoms with van der Waals surface area (Å²) in [5.41, 5.74) is 5.41. The maximum atomic E-state index is 12.5. The summed E-state index contributed by atoms with van der Waals surface area (Å²) >= 11 is 1.35. The van der Waals surface area contributed by atoms with Gasteiger partial charge >= 0.3 is 0 Å². The average Bonchev–Trinajstić information content (AvgIpc) is 3.10. The van der Waals surface area contributed by atoms with Crippen LogP contribution in [0.2, 0.25) is 0 Å². The Bertz CT molecular complexity index is 936. The van der Waals surface area contributed by atoms with Crippen LogP contribution in [0.4, 0.5) is 0 Å².